The number of hydrogen-bond acceptors (Lipinski definition) is 3. The summed E-state index contributed by atoms with van der Waals surface area (Å²) in [6.45, 7) is 0. The maximum atomic E-state index is 13.0. The summed E-state index contributed by atoms with van der Waals surface area (Å²) in [6.07, 6.45) is 1.38. The Labute approximate surface area is 114 Å². The number of carbonyl (C=O) groups is 1. The number of carbonyl (C=O) groups excluding carboxylic acids is 1. The second kappa shape index (κ2) is 5.16. The van der Waals surface area contributed by atoms with Crippen molar-refractivity contribution < 1.29 is 9.18 Å². The quantitative estimate of drug-likeness (QED) is 0.887. The van der Waals surface area contributed by atoms with Crippen molar-refractivity contribution in [2.45, 2.75) is 0 Å². The first kappa shape index (κ1) is 13.8. The second-order valence-electron chi connectivity index (χ2n) is 4.33. The Morgan fingerprint density at radius 1 is 1.30 bits per heavy atom. The van der Waals surface area contributed by atoms with Gasteiger partial charge in [-0.15, -0.1) is 0 Å². The largest absolute Gasteiger partial charge is 0.374 e. The summed E-state index contributed by atoms with van der Waals surface area (Å²) in [5, 5.41) is 2.90. The van der Waals surface area contributed by atoms with E-state index in [4.69, 9.17) is 5.73 Å². The number of aromatic nitrogens is 1. The van der Waals surface area contributed by atoms with Crippen LogP contribution in [0.3, 0.4) is 0 Å². The van der Waals surface area contributed by atoms with Gasteiger partial charge in [-0.05, 0) is 17.7 Å². The van der Waals surface area contributed by atoms with Crippen LogP contribution in [0.15, 0.2) is 35.3 Å². The zero-order valence-corrected chi connectivity index (χ0v) is 11.1. The summed E-state index contributed by atoms with van der Waals surface area (Å²) in [6, 6.07) is 5.48. The fourth-order valence-corrected chi connectivity index (χ4v) is 2.10. The van der Waals surface area contributed by atoms with Gasteiger partial charge in [-0.2, -0.15) is 0 Å². The molecule has 0 spiro atoms. The Bertz CT molecular complexity index is 720. The van der Waals surface area contributed by atoms with Gasteiger partial charge in [-0.1, -0.05) is 12.1 Å². The number of rotatable bonds is 3. The smallest absolute Gasteiger partial charge is 0.254 e. The molecule has 2 aromatic rings. The number of halogens is 1. The topological polar surface area (TPSA) is 77.1 Å². The molecular weight excluding hydrogens is 261 g/mol. The van der Waals surface area contributed by atoms with E-state index in [1.165, 1.54) is 30.5 Å². The van der Waals surface area contributed by atoms with E-state index in [2.05, 4.69) is 5.32 Å². The number of aryl methyl sites for hydroxylation is 1. The Kier molecular flexibility index (Phi) is 3.56. The molecule has 0 atom stereocenters. The van der Waals surface area contributed by atoms with Crippen LogP contribution in [0, 0.1) is 5.82 Å². The standard InChI is InChI=1S/C14H14FN3O2/c1-17-14-11(8-3-5-9(15)6-4-8)12(19)10(13(16)20)7-18(14)2/h3-7,17H,1-2H3,(H2,16,20). The van der Waals surface area contributed by atoms with Crippen molar-refractivity contribution >= 4 is 11.7 Å². The molecule has 5 nitrogen and oxygen atoms in total. The van der Waals surface area contributed by atoms with E-state index < -0.39 is 17.2 Å². The van der Waals surface area contributed by atoms with Gasteiger partial charge < -0.3 is 15.6 Å². The molecule has 20 heavy (non-hydrogen) atoms. The highest BCUT2D eigenvalue weighted by Crippen LogP contribution is 2.24. The number of nitrogens with one attached hydrogen (secondary N) is 1. The number of pyridine rings is 1. The van der Waals surface area contributed by atoms with Crippen molar-refractivity contribution in [2.75, 3.05) is 12.4 Å². The lowest BCUT2D eigenvalue weighted by Crippen LogP contribution is -2.26. The average molecular weight is 275 g/mol. The number of hydrogen-bond donors (Lipinski definition) is 2. The molecule has 0 aliphatic heterocycles. The van der Waals surface area contributed by atoms with Gasteiger partial charge in [0.1, 0.15) is 17.2 Å². The van der Waals surface area contributed by atoms with Crippen molar-refractivity contribution in [1.29, 1.82) is 0 Å². The number of benzene rings is 1. The minimum atomic E-state index is -0.795. The molecule has 0 radical (unpaired) electrons. The normalized spacial score (nSPS) is 10.3. The first-order valence-corrected chi connectivity index (χ1v) is 5.92. The van der Waals surface area contributed by atoms with Crippen LogP contribution < -0.4 is 16.5 Å². The Balaban J connectivity index is 2.82. The molecule has 1 amide bonds. The van der Waals surface area contributed by atoms with Crippen molar-refractivity contribution in [3.05, 3.63) is 52.1 Å². The monoisotopic (exact) mass is 275 g/mol. The molecule has 2 rings (SSSR count). The molecule has 0 unspecified atom stereocenters. The number of anilines is 1. The third-order valence-electron chi connectivity index (χ3n) is 3.02. The molecule has 6 heteroatoms. The van der Waals surface area contributed by atoms with Crippen LogP contribution in [0.1, 0.15) is 10.4 Å². The summed E-state index contributed by atoms with van der Waals surface area (Å²) in [5.41, 5.74) is 5.42. The van der Waals surface area contributed by atoms with E-state index in [9.17, 15) is 14.0 Å². The Morgan fingerprint density at radius 2 is 1.90 bits per heavy atom. The van der Waals surface area contributed by atoms with Crippen LogP contribution in [0.4, 0.5) is 10.2 Å². The van der Waals surface area contributed by atoms with E-state index in [0.717, 1.165) is 0 Å². The van der Waals surface area contributed by atoms with Gasteiger partial charge in [0, 0.05) is 20.3 Å². The van der Waals surface area contributed by atoms with Gasteiger partial charge in [0.15, 0.2) is 0 Å². The minimum Gasteiger partial charge on any atom is -0.374 e. The van der Waals surface area contributed by atoms with Crippen LogP contribution in [0.2, 0.25) is 0 Å². The minimum absolute atomic E-state index is 0.106. The number of nitrogens with two attached hydrogens (primary N) is 1. The molecule has 0 saturated heterocycles. The molecule has 0 aliphatic rings. The summed E-state index contributed by atoms with van der Waals surface area (Å²) in [7, 11) is 3.34. The van der Waals surface area contributed by atoms with Crippen molar-refractivity contribution in [3.63, 3.8) is 0 Å². The maximum Gasteiger partial charge on any atom is 0.254 e. The van der Waals surface area contributed by atoms with Gasteiger partial charge in [-0.3, -0.25) is 9.59 Å². The summed E-state index contributed by atoms with van der Waals surface area (Å²) in [4.78, 5) is 23.7. The average Bonchev–Trinajstić information content (AvgIpc) is 2.41. The molecule has 0 aliphatic carbocycles. The van der Waals surface area contributed by atoms with Crippen molar-refractivity contribution in [2.24, 2.45) is 12.8 Å². The van der Waals surface area contributed by atoms with E-state index >= 15 is 0 Å². The molecular formula is C14H14FN3O2. The number of nitrogens with zero attached hydrogens (tertiary/aromatic N) is 1. The first-order chi connectivity index (χ1) is 9.45. The lowest BCUT2D eigenvalue weighted by molar-refractivity contribution is 0.0998. The van der Waals surface area contributed by atoms with E-state index in [1.54, 1.807) is 18.7 Å². The molecule has 0 saturated carbocycles. The fraction of sp³-hybridized carbons (Fsp3) is 0.143. The van der Waals surface area contributed by atoms with Crippen molar-refractivity contribution in [1.82, 2.24) is 4.57 Å². The summed E-state index contributed by atoms with van der Waals surface area (Å²) >= 11 is 0. The van der Waals surface area contributed by atoms with Gasteiger partial charge >= 0.3 is 0 Å². The van der Waals surface area contributed by atoms with E-state index in [0.29, 0.717) is 11.4 Å². The first-order valence-electron chi connectivity index (χ1n) is 5.92. The van der Waals surface area contributed by atoms with Gasteiger partial charge in [-0.25, -0.2) is 4.39 Å². The Hall–Kier alpha value is -2.63. The predicted molar refractivity (Wildman–Crippen MR) is 75.1 cm³/mol. The van der Waals surface area contributed by atoms with Crippen LogP contribution in [0.5, 0.6) is 0 Å². The van der Waals surface area contributed by atoms with Gasteiger partial charge in [0.05, 0.1) is 5.56 Å². The van der Waals surface area contributed by atoms with E-state index in [-0.39, 0.29) is 11.1 Å². The van der Waals surface area contributed by atoms with Gasteiger partial charge in [0.25, 0.3) is 5.91 Å². The van der Waals surface area contributed by atoms with Crippen LogP contribution in [-0.4, -0.2) is 17.5 Å². The van der Waals surface area contributed by atoms with Crippen LogP contribution in [0.25, 0.3) is 11.1 Å². The lowest BCUT2D eigenvalue weighted by atomic mass is 10.0. The molecule has 1 heterocycles. The molecule has 0 bridgehead atoms. The SMILES string of the molecule is CNc1c(-c2ccc(F)cc2)c(=O)c(C(N)=O)cn1C. The third-order valence-corrected chi connectivity index (χ3v) is 3.02. The zero-order chi connectivity index (χ0) is 14.9. The fourth-order valence-electron chi connectivity index (χ4n) is 2.10. The van der Waals surface area contributed by atoms with Crippen LogP contribution in [-0.2, 0) is 7.05 Å². The highest BCUT2D eigenvalue weighted by molar-refractivity contribution is 5.95. The number of amides is 1. The summed E-state index contributed by atoms with van der Waals surface area (Å²) in [5.74, 6) is -0.675. The Morgan fingerprint density at radius 3 is 2.40 bits per heavy atom. The zero-order valence-electron chi connectivity index (χ0n) is 11.1. The lowest BCUT2D eigenvalue weighted by Gasteiger charge is -2.15. The van der Waals surface area contributed by atoms with Crippen LogP contribution >= 0.6 is 0 Å². The highest BCUT2D eigenvalue weighted by Gasteiger charge is 2.18. The predicted octanol–water partition coefficient (Wildman–Crippen LogP) is 1.33. The number of primary amides is 1. The molecule has 1 aromatic heterocycles. The third kappa shape index (κ3) is 2.27. The second-order valence-corrected chi connectivity index (χ2v) is 4.33. The van der Waals surface area contributed by atoms with Gasteiger partial charge in [0.2, 0.25) is 5.43 Å². The van der Waals surface area contributed by atoms with E-state index in [1.807, 2.05) is 0 Å². The van der Waals surface area contributed by atoms with Crippen molar-refractivity contribution in [3.8, 4) is 11.1 Å². The molecule has 104 valence electrons. The molecule has 3 N–H and O–H groups in total. The summed E-state index contributed by atoms with van der Waals surface area (Å²) < 4.78 is 14.6. The highest BCUT2D eigenvalue weighted by atomic mass is 19.1. The maximum absolute atomic E-state index is 13.0. The molecule has 1 aromatic carbocycles. The molecule has 0 fully saturated rings.